The first-order chi connectivity index (χ1) is 6.50. The number of hydrogen-bond acceptors (Lipinski definition) is 2. The SMILES string of the molecule is CC(N)c1ccc(Br)cc1OC(F)F. The van der Waals surface area contributed by atoms with Gasteiger partial charge in [0.05, 0.1) is 0 Å². The summed E-state index contributed by atoms with van der Waals surface area (Å²) in [5.41, 5.74) is 6.16. The lowest BCUT2D eigenvalue weighted by Crippen LogP contribution is -2.10. The third kappa shape index (κ3) is 2.92. The van der Waals surface area contributed by atoms with Crippen molar-refractivity contribution in [3.63, 3.8) is 0 Å². The van der Waals surface area contributed by atoms with Gasteiger partial charge in [-0.25, -0.2) is 0 Å². The van der Waals surface area contributed by atoms with Gasteiger partial charge in [0.1, 0.15) is 5.75 Å². The lowest BCUT2D eigenvalue weighted by atomic mass is 10.1. The van der Waals surface area contributed by atoms with E-state index in [9.17, 15) is 8.78 Å². The second-order valence-corrected chi connectivity index (χ2v) is 3.77. The Balaban J connectivity index is 3.03. The van der Waals surface area contributed by atoms with Gasteiger partial charge in [-0.2, -0.15) is 8.78 Å². The van der Waals surface area contributed by atoms with Crippen molar-refractivity contribution in [3.8, 4) is 5.75 Å². The fraction of sp³-hybridized carbons (Fsp3) is 0.333. The fourth-order valence-electron chi connectivity index (χ4n) is 1.08. The average molecular weight is 266 g/mol. The van der Waals surface area contributed by atoms with Gasteiger partial charge >= 0.3 is 6.61 Å². The molecule has 0 saturated carbocycles. The van der Waals surface area contributed by atoms with Crippen LogP contribution in [0.2, 0.25) is 0 Å². The van der Waals surface area contributed by atoms with Crippen LogP contribution in [0.3, 0.4) is 0 Å². The molecule has 0 spiro atoms. The van der Waals surface area contributed by atoms with Crippen LogP contribution < -0.4 is 10.5 Å². The molecule has 0 aliphatic heterocycles. The summed E-state index contributed by atoms with van der Waals surface area (Å²) in [7, 11) is 0. The second-order valence-electron chi connectivity index (χ2n) is 2.85. The molecular formula is C9H10BrF2NO. The lowest BCUT2D eigenvalue weighted by molar-refractivity contribution is -0.0506. The normalized spacial score (nSPS) is 13.0. The molecule has 5 heteroatoms. The minimum absolute atomic E-state index is 0.115. The van der Waals surface area contributed by atoms with E-state index in [1.54, 1.807) is 19.1 Å². The highest BCUT2D eigenvalue weighted by Gasteiger charge is 2.12. The first-order valence-corrected chi connectivity index (χ1v) is 4.80. The average Bonchev–Trinajstić information content (AvgIpc) is 2.01. The van der Waals surface area contributed by atoms with E-state index in [4.69, 9.17) is 5.73 Å². The van der Waals surface area contributed by atoms with Gasteiger partial charge < -0.3 is 10.5 Å². The van der Waals surface area contributed by atoms with Gasteiger partial charge in [0.2, 0.25) is 0 Å². The van der Waals surface area contributed by atoms with Crippen LogP contribution in [-0.4, -0.2) is 6.61 Å². The maximum atomic E-state index is 12.0. The number of alkyl halides is 2. The Kier molecular flexibility index (Phi) is 3.83. The van der Waals surface area contributed by atoms with E-state index in [2.05, 4.69) is 20.7 Å². The highest BCUT2D eigenvalue weighted by molar-refractivity contribution is 9.10. The van der Waals surface area contributed by atoms with E-state index < -0.39 is 6.61 Å². The lowest BCUT2D eigenvalue weighted by Gasteiger charge is -2.13. The van der Waals surface area contributed by atoms with Crippen molar-refractivity contribution in [2.75, 3.05) is 0 Å². The van der Waals surface area contributed by atoms with Crippen LogP contribution >= 0.6 is 15.9 Å². The van der Waals surface area contributed by atoms with E-state index in [-0.39, 0.29) is 11.8 Å². The summed E-state index contributed by atoms with van der Waals surface area (Å²) in [5, 5.41) is 0. The third-order valence-corrected chi connectivity index (χ3v) is 2.18. The smallest absolute Gasteiger partial charge is 0.387 e. The number of rotatable bonds is 3. The summed E-state index contributed by atoms with van der Waals surface area (Å²) < 4.78 is 29.1. The van der Waals surface area contributed by atoms with Gasteiger partial charge in [-0.1, -0.05) is 22.0 Å². The second kappa shape index (κ2) is 4.70. The maximum absolute atomic E-state index is 12.0. The van der Waals surface area contributed by atoms with Gasteiger partial charge in [-0.15, -0.1) is 0 Å². The molecule has 78 valence electrons. The number of hydrogen-bond donors (Lipinski definition) is 1. The van der Waals surface area contributed by atoms with Crippen molar-refractivity contribution in [1.82, 2.24) is 0 Å². The van der Waals surface area contributed by atoms with Crippen LogP contribution in [0.1, 0.15) is 18.5 Å². The molecular weight excluding hydrogens is 256 g/mol. The Bertz CT molecular complexity index is 318. The number of halogens is 3. The predicted molar refractivity (Wildman–Crippen MR) is 53.4 cm³/mol. The molecule has 14 heavy (non-hydrogen) atoms. The van der Waals surface area contributed by atoms with Crippen molar-refractivity contribution in [2.45, 2.75) is 19.6 Å². The van der Waals surface area contributed by atoms with Crippen molar-refractivity contribution in [1.29, 1.82) is 0 Å². The van der Waals surface area contributed by atoms with Crippen molar-refractivity contribution in [3.05, 3.63) is 28.2 Å². The first-order valence-electron chi connectivity index (χ1n) is 4.00. The molecule has 0 aliphatic rings. The molecule has 2 nitrogen and oxygen atoms in total. The van der Waals surface area contributed by atoms with Crippen LogP contribution in [0.25, 0.3) is 0 Å². The molecule has 0 saturated heterocycles. The zero-order valence-corrected chi connectivity index (χ0v) is 9.09. The number of ether oxygens (including phenoxy) is 1. The summed E-state index contributed by atoms with van der Waals surface area (Å²) in [4.78, 5) is 0. The summed E-state index contributed by atoms with van der Waals surface area (Å²) >= 11 is 3.17. The van der Waals surface area contributed by atoms with Gasteiger partial charge in [0, 0.05) is 16.1 Å². The largest absolute Gasteiger partial charge is 0.434 e. The summed E-state index contributed by atoms with van der Waals surface area (Å²) in [6.07, 6.45) is 0. The monoisotopic (exact) mass is 265 g/mol. The molecule has 0 amide bonds. The molecule has 0 heterocycles. The highest BCUT2D eigenvalue weighted by atomic mass is 79.9. The molecule has 1 rings (SSSR count). The molecule has 0 bridgehead atoms. The summed E-state index contributed by atoms with van der Waals surface area (Å²) in [6.45, 7) is -1.12. The van der Waals surface area contributed by atoms with Crippen LogP contribution in [-0.2, 0) is 0 Å². The van der Waals surface area contributed by atoms with Crippen LogP contribution in [0.4, 0.5) is 8.78 Å². The van der Waals surface area contributed by atoms with E-state index in [0.717, 1.165) is 0 Å². The van der Waals surface area contributed by atoms with Crippen molar-refractivity contribution < 1.29 is 13.5 Å². The van der Waals surface area contributed by atoms with Crippen LogP contribution in [0.15, 0.2) is 22.7 Å². The summed E-state index contributed by atoms with van der Waals surface area (Å²) in [5.74, 6) is 0.115. The molecule has 2 N–H and O–H groups in total. The molecule has 0 radical (unpaired) electrons. The Labute approximate surface area is 89.2 Å². The van der Waals surface area contributed by atoms with Crippen LogP contribution in [0, 0.1) is 0 Å². The fourth-order valence-corrected chi connectivity index (χ4v) is 1.42. The maximum Gasteiger partial charge on any atom is 0.387 e. The van der Waals surface area contributed by atoms with Gasteiger partial charge in [-0.05, 0) is 19.1 Å². The number of benzene rings is 1. The minimum atomic E-state index is -2.83. The topological polar surface area (TPSA) is 35.2 Å². The zero-order valence-electron chi connectivity index (χ0n) is 7.51. The molecule has 1 aromatic carbocycles. The van der Waals surface area contributed by atoms with Crippen LogP contribution in [0.5, 0.6) is 5.75 Å². The zero-order chi connectivity index (χ0) is 10.7. The molecule has 1 unspecified atom stereocenters. The molecule has 0 fully saturated rings. The standard InChI is InChI=1S/C9H10BrF2NO/c1-5(13)7-3-2-6(10)4-8(7)14-9(11)12/h2-5,9H,13H2,1H3. The Morgan fingerprint density at radius 3 is 2.57 bits per heavy atom. The molecule has 0 aromatic heterocycles. The molecule has 0 aliphatic carbocycles. The van der Waals surface area contributed by atoms with Gasteiger partial charge in [-0.3, -0.25) is 0 Å². The third-order valence-electron chi connectivity index (χ3n) is 1.68. The highest BCUT2D eigenvalue weighted by Crippen LogP contribution is 2.28. The Morgan fingerprint density at radius 1 is 1.43 bits per heavy atom. The summed E-state index contributed by atoms with van der Waals surface area (Å²) in [6, 6.07) is 4.53. The van der Waals surface area contributed by atoms with Gasteiger partial charge in [0.15, 0.2) is 0 Å². The molecule has 1 atom stereocenters. The first kappa shape index (κ1) is 11.4. The number of nitrogens with two attached hydrogens (primary N) is 1. The predicted octanol–water partition coefficient (Wildman–Crippen LogP) is 3.07. The molecule has 1 aromatic rings. The van der Waals surface area contributed by atoms with Crippen molar-refractivity contribution in [2.24, 2.45) is 5.73 Å². The quantitative estimate of drug-likeness (QED) is 0.912. The Morgan fingerprint density at radius 2 is 2.07 bits per heavy atom. The van der Waals surface area contributed by atoms with Gasteiger partial charge in [0.25, 0.3) is 0 Å². The van der Waals surface area contributed by atoms with E-state index in [0.29, 0.717) is 10.0 Å². The van der Waals surface area contributed by atoms with Crippen molar-refractivity contribution >= 4 is 15.9 Å². The Hall–Kier alpha value is -0.680. The van der Waals surface area contributed by atoms with E-state index in [1.807, 2.05) is 0 Å². The minimum Gasteiger partial charge on any atom is -0.434 e. The van der Waals surface area contributed by atoms with E-state index >= 15 is 0 Å². The van der Waals surface area contributed by atoms with E-state index in [1.165, 1.54) is 6.07 Å².